The Hall–Kier alpha value is -1.96. The zero-order valence-corrected chi connectivity index (χ0v) is 19.3. The second-order valence-electron chi connectivity index (χ2n) is 6.84. The Morgan fingerprint density at radius 1 is 0.935 bits per heavy atom. The van der Waals surface area contributed by atoms with Gasteiger partial charge < -0.3 is 4.90 Å². The molecule has 0 bridgehead atoms. The first-order valence-electron chi connectivity index (χ1n) is 9.18. The number of anilines is 1. The molecule has 12 heteroatoms. The number of thioether (sulfide) groups is 1. The molecule has 0 aliphatic carbocycles. The first kappa shape index (κ1) is 22.2. The number of para-hydroxylation sites is 2. The van der Waals surface area contributed by atoms with Crippen LogP contribution in [0, 0.1) is 0 Å². The average molecular weight is 500 g/mol. The zero-order valence-electron chi connectivity index (χ0n) is 16.1. The Bertz CT molecular complexity index is 1380. The number of aromatic nitrogens is 1. The summed E-state index contributed by atoms with van der Waals surface area (Å²) >= 11 is 2.94. The molecule has 0 saturated heterocycles. The maximum absolute atomic E-state index is 11.3. The number of thiazole rings is 1. The Morgan fingerprint density at radius 2 is 1.61 bits per heavy atom. The molecule has 0 radical (unpaired) electrons. The third-order valence-electron chi connectivity index (χ3n) is 4.67. The van der Waals surface area contributed by atoms with E-state index in [-0.39, 0.29) is 13.1 Å². The van der Waals surface area contributed by atoms with E-state index in [4.69, 9.17) is 0 Å². The fourth-order valence-electron chi connectivity index (χ4n) is 3.30. The Kier molecular flexibility index (Phi) is 6.12. The maximum atomic E-state index is 11.3. The van der Waals surface area contributed by atoms with E-state index in [2.05, 4.69) is 0 Å². The quantitative estimate of drug-likeness (QED) is 0.377. The summed E-state index contributed by atoms with van der Waals surface area (Å²) in [5.41, 5.74) is 1.68. The Labute approximate surface area is 188 Å². The van der Waals surface area contributed by atoms with E-state index in [9.17, 15) is 25.9 Å². The van der Waals surface area contributed by atoms with Crippen LogP contribution >= 0.6 is 23.1 Å². The molecule has 3 aromatic rings. The lowest BCUT2D eigenvalue weighted by Crippen LogP contribution is -2.38. The van der Waals surface area contributed by atoms with Crippen LogP contribution in [0.15, 0.2) is 58.5 Å². The van der Waals surface area contributed by atoms with Gasteiger partial charge in [0.25, 0.3) is 25.2 Å². The summed E-state index contributed by atoms with van der Waals surface area (Å²) in [6.45, 7) is 0.148. The van der Waals surface area contributed by atoms with E-state index < -0.39 is 31.7 Å². The monoisotopic (exact) mass is 499 g/mol. The molecule has 0 unspecified atom stereocenters. The minimum absolute atomic E-state index is 0.0740. The molecule has 0 amide bonds. The van der Waals surface area contributed by atoms with Crippen LogP contribution in [0.1, 0.15) is 5.01 Å². The molecule has 31 heavy (non-hydrogen) atoms. The van der Waals surface area contributed by atoms with Gasteiger partial charge in [0.2, 0.25) is 5.52 Å². The standard InChI is InChI=1S/C19H18N2O6S4/c22-30(23,24)11-9-20-14-5-1-3-7-16(14)28-18(20)13-19-21(10-12-31(25,26)27)15-6-2-4-8-17(15)29-19/h1-8,13H,9-12H2,(H-,22,23,24,25,26,27)/p+1. The van der Waals surface area contributed by atoms with Gasteiger partial charge in [0, 0.05) is 17.5 Å². The van der Waals surface area contributed by atoms with Crippen molar-refractivity contribution in [2.24, 2.45) is 0 Å². The molecule has 0 saturated carbocycles. The zero-order chi connectivity index (χ0) is 22.2. The maximum Gasteiger partial charge on any atom is 0.271 e. The number of fused-ring (bicyclic) bond motifs is 2. The van der Waals surface area contributed by atoms with Gasteiger partial charge in [0.1, 0.15) is 10.5 Å². The van der Waals surface area contributed by atoms with Crippen LogP contribution in [-0.2, 0) is 26.8 Å². The number of nitrogens with zero attached hydrogens (tertiary/aromatic N) is 2. The van der Waals surface area contributed by atoms with E-state index in [0.717, 1.165) is 30.8 Å². The van der Waals surface area contributed by atoms with Gasteiger partial charge in [-0.1, -0.05) is 47.4 Å². The molecule has 164 valence electrons. The summed E-state index contributed by atoms with van der Waals surface area (Å²) in [4.78, 5) is 2.78. The molecule has 0 fully saturated rings. The van der Waals surface area contributed by atoms with Crippen molar-refractivity contribution >= 4 is 65.3 Å². The number of aryl methyl sites for hydroxylation is 1. The van der Waals surface area contributed by atoms with Gasteiger partial charge in [-0.05, 0) is 18.2 Å². The molecule has 8 nitrogen and oxygen atoms in total. The van der Waals surface area contributed by atoms with Gasteiger partial charge in [-0.15, -0.1) is 0 Å². The molecular weight excluding hydrogens is 480 g/mol. The van der Waals surface area contributed by atoms with E-state index in [1.807, 2.05) is 64.1 Å². The minimum Gasteiger partial charge on any atom is -0.334 e. The molecule has 0 atom stereocenters. The lowest BCUT2D eigenvalue weighted by molar-refractivity contribution is -0.664. The van der Waals surface area contributed by atoms with Crippen LogP contribution < -0.4 is 9.47 Å². The molecule has 4 rings (SSSR count). The molecule has 2 heterocycles. The van der Waals surface area contributed by atoms with Crippen molar-refractivity contribution in [1.29, 1.82) is 0 Å². The SMILES string of the molecule is O=S(=O)(O)CCN1/C(=C/c2sc3ccccc3[n+]2CCS(=O)(=O)O)Sc2ccccc21. The Balaban J connectivity index is 1.77. The first-order valence-corrected chi connectivity index (χ1v) is 14.0. The van der Waals surface area contributed by atoms with Crippen molar-refractivity contribution in [3.8, 4) is 0 Å². The summed E-state index contributed by atoms with van der Waals surface area (Å²) in [5, 5.41) is 1.52. The van der Waals surface area contributed by atoms with Crippen molar-refractivity contribution < 1.29 is 30.5 Å². The summed E-state index contributed by atoms with van der Waals surface area (Å²) in [6.07, 6.45) is 1.88. The van der Waals surface area contributed by atoms with Crippen molar-refractivity contribution in [2.45, 2.75) is 11.4 Å². The number of hydrogen-bond acceptors (Lipinski definition) is 7. The first-order chi connectivity index (χ1) is 14.6. The highest BCUT2D eigenvalue weighted by Gasteiger charge is 2.29. The fraction of sp³-hybridized carbons (Fsp3) is 0.211. The van der Waals surface area contributed by atoms with Crippen LogP contribution in [0.2, 0.25) is 0 Å². The van der Waals surface area contributed by atoms with Crippen LogP contribution in [0.5, 0.6) is 0 Å². The van der Waals surface area contributed by atoms with Crippen molar-refractivity contribution in [3.05, 3.63) is 58.6 Å². The van der Waals surface area contributed by atoms with Crippen LogP contribution in [0.25, 0.3) is 16.3 Å². The third-order valence-corrected chi connectivity index (χ3v) is 8.29. The largest absolute Gasteiger partial charge is 0.334 e. The van der Waals surface area contributed by atoms with Crippen LogP contribution in [0.3, 0.4) is 0 Å². The van der Waals surface area contributed by atoms with E-state index in [1.165, 1.54) is 23.1 Å². The second-order valence-corrected chi connectivity index (χ2v) is 12.1. The predicted molar refractivity (Wildman–Crippen MR) is 122 cm³/mol. The molecule has 2 aromatic carbocycles. The van der Waals surface area contributed by atoms with Gasteiger partial charge in [-0.2, -0.15) is 21.4 Å². The van der Waals surface area contributed by atoms with Crippen LogP contribution in [-0.4, -0.2) is 44.0 Å². The number of hydrogen-bond donors (Lipinski definition) is 2. The van der Waals surface area contributed by atoms with Gasteiger partial charge in [-0.25, -0.2) is 0 Å². The average Bonchev–Trinajstić information content (AvgIpc) is 3.21. The minimum atomic E-state index is -4.14. The third kappa shape index (κ3) is 5.27. The summed E-state index contributed by atoms with van der Waals surface area (Å²) in [7, 11) is -8.28. The molecule has 1 aromatic heterocycles. The highest BCUT2D eigenvalue weighted by atomic mass is 32.2. The molecule has 1 aliphatic rings. The molecular formula is C19H19N2O6S4+. The van der Waals surface area contributed by atoms with Crippen molar-refractivity contribution in [1.82, 2.24) is 0 Å². The topological polar surface area (TPSA) is 116 Å². The van der Waals surface area contributed by atoms with Gasteiger partial charge in [0.05, 0.1) is 22.5 Å². The Morgan fingerprint density at radius 3 is 2.35 bits per heavy atom. The van der Waals surface area contributed by atoms with Gasteiger partial charge >= 0.3 is 0 Å². The molecule has 0 spiro atoms. The van der Waals surface area contributed by atoms with Crippen molar-refractivity contribution in [3.63, 3.8) is 0 Å². The van der Waals surface area contributed by atoms with E-state index in [1.54, 1.807) is 0 Å². The van der Waals surface area contributed by atoms with E-state index in [0.29, 0.717) is 0 Å². The van der Waals surface area contributed by atoms with Crippen molar-refractivity contribution in [2.75, 3.05) is 23.0 Å². The van der Waals surface area contributed by atoms with Gasteiger partial charge in [0.15, 0.2) is 6.54 Å². The van der Waals surface area contributed by atoms with E-state index >= 15 is 0 Å². The second kappa shape index (κ2) is 8.52. The highest BCUT2D eigenvalue weighted by Crippen LogP contribution is 2.46. The lowest BCUT2D eigenvalue weighted by atomic mass is 10.3. The fourth-order valence-corrected chi connectivity index (χ4v) is 6.45. The number of rotatable bonds is 7. The van der Waals surface area contributed by atoms with Gasteiger partial charge in [-0.3, -0.25) is 9.11 Å². The molecule has 2 N–H and O–H groups in total. The molecule has 1 aliphatic heterocycles. The highest BCUT2D eigenvalue weighted by molar-refractivity contribution is 8.04. The van der Waals surface area contributed by atoms with Crippen LogP contribution in [0.4, 0.5) is 5.69 Å². The number of benzene rings is 2. The summed E-state index contributed by atoms with van der Waals surface area (Å²) in [6, 6.07) is 15.1. The summed E-state index contributed by atoms with van der Waals surface area (Å²) in [5.74, 6) is -0.844. The smallest absolute Gasteiger partial charge is 0.271 e. The predicted octanol–water partition coefficient (Wildman–Crippen LogP) is 2.88. The lowest BCUT2D eigenvalue weighted by Gasteiger charge is -2.19. The summed E-state index contributed by atoms with van der Waals surface area (Å²) < 4.78 is 66.6. The normalized spacial score (nSPS) is 15.7.